The largest absolute Gasteiger partial charge is 0.390 e. The zero-order valence-electron chi connectivity index (χ0n) is 5.54. The molecule has 3 heteroatoms. The molecule has 0 saturated heterocycles. The van der Waals surface area contributed by atoms with E-state index in [4.69, 9.17) is 10.2 Å². The lowest BCUT2D eigenvalue weighted by Crippen LogP contribution is -2.37. The van der Waals surface area contributed by atoms with E-state index in [2.05, 4.69) is 5.32 Å². The van der Waals surface area contributed by atoms with Gasteiger partial charge in [0.25, 0.3) is 0 Å². The molecular formula is C6H13NO2. The van der Waals surface area contributed by atoms with Gasteiger partial charge in [0.1, 0.15) is 0 Å². The minimum atomic E-state index is -0.560. The highest BCUT2D eigenvalue weighted by molar-refractivity contribution is 4.88. The fraction of sp³-hybridized carbons (Fsp3) is 1.00. The van der Waals surface area contributed by atoms with Gasteiger partial charge in [-0.05, 0) is 19.9 Å². The number of hydrogen-bond acceptors (Lipinski definition) is 3. The van der Waals surface area contributed by atoms with Gasteiger partial charge in [0, 0.05) is 6.04 Å². The van der Waals surface area contributed by atoms with Crippen molar-refractivity contribution in [3.63, 3.8) is 0 Å². The minimum Gasteiger partial charge on any atom is -0.390 e. The van der Waals surface area contributed by atoms with Crippen LogP contribution in [0.1, 0.15) is 12.8 Å². The molecule has 3 N–H and O–H groups in total. The smallest absolute Gasteiger partial charge is 0.0951 e. The van der Waals surface area contributed by atoms with Gasteiger partial charge in [-0.2, -0.15) is 0 Å². The molecule has 0 bridgehead atoms. The molecule has 0 amide bonds. The maximum atomic E-state index is 9.14. The van der Waals surface area contributed by atoms with E-state index < -0.39 is 12.2 Å². The molecule has 3 atom stereocenters. The Kier molecular flexibility index (Phi) is 2.05. The molecule has 9 heavy (non-hydrogen) atoms. The third kappa shape index (κ3) is 1.23. The van der Waals surface area contributed by atoms with Gasteiger partial charge in [0.15, 0.2) is 0 Å². The molecule has 1 aliphatic carbocycles. The van der Waals surface area contributed by atoms with E-state index in [9.17, 15) is 0 Å². The lowest BCUT2D eigenvalue weighted by atomic mass is 10.2. The van der Waals surface area contributed by atoms with Gasteiger partial charge in [-0.15, -0.1) is 0 Å². The Morgan fingerprint density at radius 3 is 2.22 bits per heavy atom. The Labute approximate surface area is 54.7 Å². The quantitative estimate of drug-likeness (QED) is 0.432. The molecule has 1 saturated carbocycles. The van der Waals surface area contributed by atoms with E-state index in [-0.39, 0.29) is 6.04 Å². The number of rotatable bonds is 1. The topological polar surface area (TPSA) is 52.5 Å². The van der Waals surface area contributed by atoms with Crippen molar-refractivity contribution in [2.24, 2.45) is 0 Å². The second kappa shape index (κ2) is 2.64. The van der Waals surface area contributed by atoms with Gasteiger partial charge in [0.05, 0.1) is 12.2 Å². The normalized spacial score (nSPS) is 43.7. The van der Waals surface area contributed by atoms with Crippen molar-refractivity contribution in [1.29, 1.82) is 0 Å². The molecular weight excluding hydrogens is 118 g/mol. The lowest BCUT2D eigenvalue weighted by Gasteiger charge is -2.14. The average molecular weight is 131 g/mol. The summed E-state index contributed by atoms with van der Waals surface area (Å²) in [6.45, 7) is 0. The van der Waals surface area contributed by atoms with Crippen LogP contribution in [0.2, 0.25) is 0 Å². The van der Waals surface area contributed by atoms with Crippen molar-refractivity contribution in [1.82, 2.24) is 5.32 Å². The zero-order valence-corrected chi connectivity index (χ0v) is 5.54. The maximum absolute atomic E-state index is 9.14. The summed E-state index contributed by atoms with van der Waals surface area (Å²) in [5.74, 6) is 0. The number of nitrogens with one attached hydrogen (secondary N) is 1. The number of aliphatic hydroxyl groups excluding tert-OH is 2. The SMILES string of the molecule is CNC1CCC(O)C1O. The average Bonchev–Trinajstić information content (AvgIpc) is 2.15. The molecule has 0 heterocycles. The summed E-state index contributed by atoms with van der Waals surface area (Å²) in [5, 5.41) is 21.1. The monoisotopic (exact) mass is 131 g/mol. The van der Waals surface area contributed by atoms with Crippen LogP contribution in [0.4, 0.5) is 0 Å². The van der Waals surface area contributed by atoms with E-state index in [1.54, 1.807) is 7.05 Å². The Hall–Kier alpha value is -0.120. The van der Waals surface area contributed by atoms with Crippen LogP contribution in [-0.2, 0) is 0 Å². The molecule has 0 aliphatic heterocycles. The molecule has 1 aliphatic rings. The van der Waals surface area contributed by atoms with Crippen molar-refractivity contribution in [3.8, 4) is 0 Å². The van der Waals surface area contributed by atoms with Crippen LogP contribution in [0.25, 0.3) is 0 Å². The zero-order chi connectivity index (χ0) is 6.85. The van der Waals surface area contributed by atoms with E-state index in [1.165, 1.54) is 0 Å². The number of hydrogen-bond donors (Lipinski definition) is 3. The highest BCUT2D eigenvalue weighted by Gasteiger charge is 2.31. The van der Waals surface area contributed by atoms with Crippen LogP contribution in [-0.4, -0.2) is 35.5 Å². The van der Waals surface area contributed by atoms with E-state index in [1.807, 2.05) is 0 Å². The van der Waals surface area contributed by atoms with Crippen LogP contribution in [0.15, 0.2) is 0 Å². The lowest BCUT2D eigenvalue weighted by molar-refractivity contribution is 0.0315. The molecule has 54 valence electrons. The Bertz CT molecular complexity index is 97.1. The summed E-state index contributed by atoms with van der Waals surface area (Å²) in [5.41, 5.74) is 0. The molecule has 0 aromatic rings. The molecule has 3 unspecified atom stereocenters. The fourth-order valence-corrected chi connectivity index (χ4v) is 1.28. The summed E-state index contributed by atoms with van der Waals surface area (Å²) in [4.78, 5) is 0. The molecule has 1 fully saturated rings. The third-order valence-corrected chi connectivity index (χ3v) is 1.95. The minimum absolute atomic E-state index is 0.0972. The van der Waals surface area contributed by atoms with Crippen LogP contribution < -0.4 is 5.32 Å². The van der Waals surface area contributed by atoms with Gasteiger partial charge < -0.3 is 15.5 Å². The third-order valence-electron chi connectivity index (χ3n) is 1.95. The number of aliphatic hydroxyl groups is 2. The molecule has 0 spiro atoms. The number of likely N-dealkylation sites (N-methyl/N-ethyl adjacent to an activating group) is 1. The standard InChI is InChI=1S/C6H13NO2/c1-7-4-2-3-5(8)6(4)9/h4-9H,2-3H2,1H3. The molecule has 3 nitrogen and oxygen atoms in total. The van der Waals surface area contributed by atoms with E-state index >= 15 is 0 Å². The van der Waals surface area contributed by atoms with Crippen molar-refractivity contribution in [3.05, 3.63) is 0 Å². The predicted molar refractivity (Wildman–Crippen MR) is 34.1 cm³/mol. The summed E-state index contributed by atoms with van der Waals surface area (Å²) in [6, 6.07) is 0.0972. The summed E-state index contributed by atoms with van der Waals surface area (Å²) < 4.78 is 0. The first-order valence-corrected chi connectivity index (χ1v) is 3.29. The van der Waals surface area contributed by atoms with Crippen LogP contribution >= 0.6 is 0 Å². The highest BCUT2D eigenvalue weighted by Crippen LogP contribution is 2.18. The first-order valence-electron chi connectivity index (χ1n) is 3.29. The maximum Gasteiger partial charge on any atom is 0.0951 e. The van der Waals surface area contributed by atoms with Crippen LogP contribution in [0, 0.1) is 0 Å². The molecule has 1 rings (SSSR count). The molecule has 0 aromatic heterocycles. The van der Waals surface area contributed by atoms with Gasteiger partial charge in [-0.3, -0.25) is 0 Å². The van der Waals surface area contributed by atoms with Gasteiger partial charge in [-0.25, -0.2) is 0 Å². The second-order valence-electron chi connectivity index (χ2n) is 2.53. The fourth-order valence-electron chi connectivity index (χ4n) is 1.28. The van der Waals surface area contributed by atoms with Crippen LogP contribution in [0.3, 0.4) is 0 Å². The summed E-state index contributed by atoms with van der Waals surface area (Å²) >= 11 is 0. The summed E-state index contributed by atoms with van der Waals surface area (Å²) in [6.07, 6.45) is 0.517. The highest BCUT2D eigenvalue weighted by atomic mass is 16.3. The van der Waals surface area contributed by atoms with Gasteiger partial charge in [0.2, 0.25) is 0 Å². The first kappa shape index (κ1) is 6.99. The molecule has 0 aromatic carbocycles. The van der Waals surface area contributed by atoms with Crippen molar-refractivity contribution >= 4 is 0 Å². The second-order valence-corrected chi connectivity index (χ2v) is 2.53. The van der Waals surface area contributed by atoms with E-state index in [0.29, 0.717) is 6.42 Å². The Morgan fingerprint density at radius 2 is 2.00 bits per heavy atom. The van der Waals surface area contributed by atoms with Crippen LogP contribution in [0.5, 0.6) is 0 Å². The van der Waals surface area contributed by atoms with Gasteiger partial charge >= 0.3 is 0 Å². The molecule has 0 radical (unpaired) electrons. The van der Waals surface area contributed by atoms with Crippen molar-refractivity contribution < 1.29 is 10.2 Å². The first-order chi connectivity index (χ1) is 4.25. The van der Waals surface area contributed by atoms with Gasteiger partial charge in [-0.1, -0.05) is 0 Å². The van der Waals surface area contributed by atoms with Crippen molar-refractivity contribution in [2.75, 3.05) is 7.05 Å². The van der Waals surface area contributed by atoms with E-state index in [0.717, 1.165) is 6.42 Å². The predicted octanol–water partition coefficient (Wildman–Crippen LogP) is -0.910. The Balaban J connectivity index is 2.41. The van der Waals surface area contributed by atoms with Crippen molar-refractivity contribution in [2.45, 2.75) is 31.1 Å². The Morgan fingerprint density at radius 1 is 1.33 bits per heavy atom. The summed E-state index contributed by atoms with van der Waals surface area (Å²) in [7, 11) is 1.80.